The van der Waals surface area contributed by atoms with Gasteiger partial charge in [0.15, 0.2) is 5.43 Å². The maximum Gasteiger partial charge on any atom is 0.338 e. The minimum Gasteiger partial charge on any atom is -0.462 e. The Morgan fingerprint density at radius 2 is 1.81 bits per heavy atom. The molecule has 27 heavy (non-hydrogen) atoms. The fourth-order valence-corrected chi connectivity index (χ4v) is 2.82. The van der Waals surface area contributed by atoms with Crippen LogP contribution < -0.4 is 10.7 Å². The summed E-state index contributed by atoms with van der Waals surface area (Å²) in [5, 5.41) is 3.38. The van der Waals surface area contributed by atoms with Crippen molar-refractivity contribution < 1.29 is 14.3 Å². The first-order chi connectivity index (χ1) is 13.0. The van der Waals surface area contributed by atoms with E-state index in [2.05, 4.69) is 5.32 Å². The summed E-state index contributed by atoms with van der Waals surface area (Å²) in [4.78, 5) is 36.1. The molecule has 6 nitrogen and oxygen atoms in total. The molecule has 1 amide bonds. The zero-order valence-electron chi connectivity index (χ0n) is 15.2. The van der Waals surface area contributed by atoms with Crippen LogP contribution in [0.5, 0.6) is 0 Å². The highest BCUT2D eigenvalue weighted by Crippen LogP contribution is 2.14. The van der Waals surface area contributed by atoms with Gasteiger partial charge in [-0.15, -0.1) is 0 Å². The van der Waals surface area contributed by atoms with Crippen LogP contribution in [0.4, 0.5) is 5.69 Å². The molecule has 138 valence electrons. The van der Waals surface area contributed by atoms with Crippen LogP contribution >= 0.6 is 0 Å². The minimum absolute atomic E-state index is 0.0689. The molecule has 0 radical (unpaired) electrons. The SMILES string of the molecule is CCOC(=O)c1ccc(NC(=O)Cn2ccc(=O)c3cc(C)ccc32)cc1. The Bertz CT molecular complexity index is 1050. The van der Waals surface area contributed by atoms with Crippen molar-refractivity contribution in [3.63, 3.8) is 0 Å². The molecule has 0 aliphatic heterocycles. The zero-order chi connectivity index (χ0) is 19.4. The average Bonchev–Trinajstić information content (AvgIpc) is 2.65. The standard InChI is InChI=1S/C21H20N2O4/c1-3-27-21(26)15-5-7-16(8-6-15)22-20(25)13-23-11-10-19(24)17-12-14(2)4-9-18(17)23/h4-12H,3,13H2,1-2H3,(H,22,25). The van der Waals surface area contributed by atoms with Gasteiger partial charge in [0, 0.05) is 23.3 Å². The number of rotatable bonds is 5. The summed E-state index contributed by atoms with van der Waals surface area (Å²) in [5.74, 6) is -0.630. The number of hydrogen-bond acceptors (Lipinski definition) is 4. The lowest BCUT2D eigenvalue weighted by atomic mass is 10.1. The molecule has 1 heterocycles. The third kappa shape index (κ3) is 4.23. The summed E-state index contributed by atoms with van der Waals surface area (Å²) < 4.78 is 6.67. The lowest BCUT2D eigenvalue weighted by Gasteiger charge is -2.12. The van der Waals surface area contributed by atoms with Crippen LogP contribution in [0.25, 0.3) is 10.9 Å². The zero-order valence-corrected chi connectivity index (χ0v) is 15.2. The molecule has 0 bridgehead atoms. The smallest absolute Gasteiger partial charge is 0.338 e. The molecule has 0 fully saturated rings. The predicted octanol–water partition coefficient (Wildman–Crippen LogP) is 3.13. The molecule has 0 atom stereocenters. The average molecular weight is 364 g/mol. The van der Waals surface area contributed by atoms with Gasteiger partial charge in [-0.1, -0.05) is 11.6 Å². The fourth-order valence-electron chi connectivity index (χ4n) is 2.82. The number of hydrogen-bond donors (Lipinski definition) is 1. The van der Waals surface area contributed by atoms with Gasteiger partial charge in [-0.2, -0.15) is 0 Å². The van der Waals surface area contributed by atoms with Crippen LogP contribution in [0, 0.1) is 6.92 Å². The number of aromatic nitrogens is 1. The van der Waals surface area contributed by atoms with E-state index >= 15 is 0 Å². The highest BCUT2D eigenvalue weighted by molar-refractivity contribution is 5.93. The molecule has 0 spiro atoms. The Hall–Kier alpha value is -3.41. The first-order valence-electron chi connectivity index (χ1n) is 8.65. The molecular formula is C21H20N2O4. The van der Waals surface area contributed by atoms with Crippen LogP contribution in [0.2, 0.25) is 0 Å². The fraction of sp³-hybridized carbons (Fsp3) is 0.190. The largest absolute Gasteiger partial charge is 0.462 e. The van der Waals surface area contributed by atoms with Crippen LogP contribution in [0.15, 0.2) is 59.5 Å². The number of fused-ring (bicyclic) bond motifs is 1. The van der Waals surface area contributed by atoms with Gasteiger partial charge in [0.05, 0.1) is 17.7 Å². The highest BCUT2D eigenvalue weighted by Gasteiger charge is 2.09. The number of anilines is 1. The van der Waals surface area contributed by atoms with Crippen LogP contribution in [-0.4, -0.2) is 23.1 Å². The van der Waals surface area contributed by atoms with Crippen molar-refractivity contribution in [2.45, 2.75) is 20.4 Å². The minimum atomic E-state index is -0.398. The van der Waals surface area contributed by atoms with Gasteiger partial charge in [0.1, 0.15) is 6.54 Å². The van der Waals surface area contributed by atoms with E-state index in [0.717, 1.165) is 5.56 Å². The quantitative estimate of drug-likeness (QED) is 0.706. The number of carbonyl (C=O) groups is 2. The maximum absolute atomic E-state index is 12.4. The number of amides is 1. The first kappa shape index (κ1) is 18.4. The van der Waals surface area contributed by atoms with Gasteiger partial charge >= 0.3 is 5.97 Å². The van der Waals surface area contributed by atoms with Gasteiger partial charge in [-0.25, -0.2) is 4.79 Å². The lowest BCUT2D eigenvalue weighted by molar-refractivity contribution is -0.116. The van der Waals surface area contributed by atoms with Gasteiger partial charge in [-0.3, -0.25) is 9.59 Å². The Balaban J connectivity index is 1.75. The summed E-state index contributed by atoms with van der Waals surface area (Å²) in [5.41, 5.74) is 2.63. The Morgan fingerprint density at radius 3 is 2.52 bits per heavy atom. The number of esters is 1. The van der Waals surface area contributed by atoms with E-state index in [1.165, 1.54) is 6.07 Å². The second-order valence-corrected chi connectivity index (χ2v) is 6.17. The maximum atomic E-state index is 12.4. The van der Waals surface area contributed by atoms with E-state index < -0.39 is 5.97 Å². The van der Waals surface area contributed by atoms with E-state index in [0.29, 0.717) is 28.8 Å². The third-order valence-corrected chi connectivity index (χ3v) is 4.13. The molecule has 1 N–H and O–H groups in total. The van der Waals surface area contributed by atoms with Crippen molar-refractivity contribution >= 4 is 28.5 Å². The second kappa shape index (κ2) is 7.86. The highest BCUT2D eigenvalue weighted by atomic mass is 16.5. The molecule has 3 rings (SSSR count). The van der Waals surface area contributed by atoms with Crippen molar-refractivity contribution in [2.24, 2.45) is 0 Å². The Labute approximate surface area is 156 Å². The topological polar surface area (TPSA) is 77.4 Å². The Kier molecular flexibility index (Phi) is 5.35. The van der Waals surface area contributed by atoms with E-state index in [9.17, 15) is 14.4 Å². The van der Waals surface area contributed by atoms with Crippen molar-refractivity contribution in [2.75, 3.05) is 11.9 Å². The number of nitrogens with one attached hydrogen (secondary N) is 1. The number of pyridine rings is 1. The molecule has 0 unspecified atom stereocenters. The van der Waals surface area contributed by atoms with Gasteiger partial charge in [0.2, 0.25) is 5.91 Å². The number of nitrogens with zero attached hydrogens (tertiary/aromatic N) is 1. The van der Waals surface area contributed by atoms with Crippen LogP contribution in [-0.2, 0) is 16.1 Å². The summed E-state index contributed by atoms with van der Waals surface area (Å²) in [6.45, 7) is 4.04. The molecule has 0 saturated carbocycles. The lowest BCUT2D eigenvalue weighted by Crippen LogP contribution is -2.20. The van der Waals surface area contributed by atoms with Crippen LogP contribution in [0.1, 0.15) is 22.8 Å². The molecule has 2 aromatic carbocycles. The van der Waals surface area contributed by atoms with Crippen molar-refractivity contribution in [3.8, 4) is 0 Å². The summed E-state index contributed by atoms with van der Waals surface area (Å²) in [6, 6.07) is 13.5. The molecular weight excluding hydrogens is 344 g/mol. The normalized spacial score (nSPS) is 10.6. The van der Waals surface area contributed by atoms with Gasteiger partial charge < -0.3 is 14.6 Å². The van der Waals surface area contributed by atoms with Gasteiger partial charge in [-0.05, 0) is 50.2 Å². The second-order valence-electron chi connectivity index (χ2n) is 6.17. The summed E-state index contributed by atoms with van der Waals surface area (Å²) in [7, 11) is 0. The number of benzene rings is 2. The number of aryl methyl sites for hydroxylation is 1. The number of ether oxygens (including phenoxy) is 1. The van der Waals surface area contributed by atoms with Gasteiger partial charge in [0.25, 0.3) is 0 Å². The molecule has 6 heteroatoms. The van der Waals surface area contributed by atoms with Crippen molar-refractivity contribution in [1.82, 2.24) is 4.57 Å². The van der Waals surface area contributed by atoms with E-state index in [1.807, 2.05) is 25.1 Å². The Morgan fingerprint density at radius 1 is 1.07 bits per heavy atom. The third-order valence-electron chi connectivity index (χ3n) is 4.13. The number of carbonyl (C=O) groups excluding carboxylic acids is 2. The van der Waals surface area contributed by atoms with E-state index in [1.54, 1.807) is 42.0 Å². The summed E-state index contributed by atoms with van der Waals surface area (Å²) >= 11 is 0. The van der Waals surface area contributed by atoms with Crippen molar-refractivity contribution in [1.29, 1.82) is 0 Å². The first-order valence-corrected chi connectivity index (χ1v) is 8.65. The summed E-state index contributed by atoms with van der Waals surface area (Å²) in [6.07, 6.45) is 1.61. The monoisotopic (exact) mass is 364 g/mol. The van der Waals surface area contributed by atoms with E-state index in [4.69, 9.17) is 4.74 Å². The molecule has 1 aromatic heterocycles. The van der Waals surface area contributed by atoms with Crippen LogP contribution in [0.3, 0.4) is 0 Å². The molecule has 0 aliphatic carbocycles. The molecule has 3 aromatic rings. The van der Waals surface area contributed by atoms with E-state index in [-0.39, 0.29) is 17.9 Å². The van der Waals surface area contributed by atoms with Crippen molar-refractivity contribution in [3.05, 3.63) is 76.1 Å². The predicted molar refractivity (Wildman–Crippen MR) is 104 cm³/mol. The molecule has 0 saturated heterocycles. The molecule has 0 aliphatic rings.